The molecule has 6 heteroatoms. The Bertz CT molecular complexity index is 632. The van der Waals surface area contributed by atoms with E-state index in [4.69, 9.17) is 23.8 Å². The average Bonchev–Trinajstić information content (AvgIpc) is 2.44. The SMILES string of the molecule is Oc1ccc(Cl)cc1/C=N/NC(=S)Nc1ccccc1. The number of anilines is 1. The fourth-order valence-electron chi connectivity index (χ4n) is 1.47. The minimum atomic E-state index is 0.0990. The van der Waals surface area contributed by atoms with Gasteiger partial charge in [-0.15, -0.1) is 0 Å². The number of thiocarbonyl (C=S) groups is 1. The van der Waals surface area contributed by atoms with E-state index >= 15 is 0 Å². The molecule has 0 atom stereocenters. The predicted molar refractivity (Wildman–Crippen MR) is 86.5 cm³/mol. The Hall–Kier alpha value is -2.11. The van der Waals surface area contributed by atoms with Crippen LogP contribution in [0.1, 0.15) is 5.56 Å². The maximum Gasteiger partial charge on any atom is 0.191 e. The summed E-state index contributed by atoms with van der Waals surface area (Å²) >= 11 is 10.9. The number of hydrogen-bond acceptors (Lipinski definition) is 3. The van der Waals surface area contributed by atoms with Crippen molar-refractivity contribution in [3.8, 4) is 5.75 Å². The zero-order valence-corrected chi connectivity index (χ0v) is 11.9. The normalized spacial score (nSPS) is 10.4. The van der Waals surface area contributed by atoms with Crippen molar-refractivity contribution in [1.29, 1.82) is 0 Å². The third-order valence-corrected chi connectivity index (χ3v) is 2.82. The highest BCUT2D eigenvalue weighted by atomic mass is 35.5. The van der Waals surface area contributed by atoms with Gasteiger partial charge >= 0.3 is 0 Å². The van der Waals surface area contributed by atoms with Crippen LogP contribution < -0.4 is 10.7 Å². The highest BCUT2D eigenvalue weighted by Crippen LogP contribution is 2.19. The number of halogens is 1. The fraction of sp³-hybridized carbons (Fsp3) is 0. The molecule has 3 N–H and O–H groups in total. The van der Waals surface area contributed by atoms with E-state index in [-0.39, 0.29) is 5.75 Å². The Morgan fingerprint density at radius 3 is 2.70 bits per heavy atom. The van der Waals surface area contributed by atoms with Gasteiger partial charge in [0.1, 0.15) is 5.75 Å². The second kappa shape index (κ2) is 6.88. The largest absolute Gasteiger partial charge is 0.507 e. The van der Waals surface area contributed by atoms with E-state index < -0.39 is 0 Å². The first-order chi connectivity index (χ1) is 9.65. The monoisotopic (exact) mass is 305 g/mol. The molecule has 0 fully saturated rings. The average molecular weight is 306 g/mol. The molecule has 0 aliphatic carbocycles. The molecule has 2 rings (SSSR count). The quantitative estimate of drug-likeness (QED) is 0.462. The number of benzene rings is 2. The van der Waals surface area contributed by atoms with Gasteiger partial charge in [0.2, 0.25) is 0 Å². The van der Waals surface area contributed by atoms with Crippen LogP contribution >= 0.6 is 23.8 Å². The maximum absolute atomic E-state index is 9.61. The zero-order valence-electron chi connectivity index (χ0n) is 10.4. The highest BCUT2D eigenvalue weighted by Gasteiger charge is 1.99. The minimum Gasteiger partial charge on any atom is -0.507 e. The molecule has 4 nitrogen and oxygen atoms in total. The van der Waals surface area contributed by atoms with Crippen molar-refractivity contribution < 1.29 is 5.11 Å². The summed E-state index contributed by atoms with van der Waals surface area (Å²) in [6.07, 6.45) is 1.44. The Labute approximate surface area is 127 Å². The molecule has 0 unspecified atom stereocenters. The maximum atomic E-state index is 9.61. The Morgan fingerprint density at radius 1 is 1.20 bits per heavy atom. The molecule has 0 radical (unpaired) electrons. The van der Waals surface area contributed by atoms with Crippen LogP contribution in [0.2, 0.25) is 5.02 Å². The van der Waals surface area contributed by atoms with Gasteiger partial charge in [0, 0.05) is 16.3 Å². The van der Waals surface area contributed by atoms with Crippen LogP contribution in [-0.2, 0) is 0 Å². The molecule has 2 aromatic carbocycles. The van der Waals surface area contributed by atoms with E-state index in [0.29, 0.717) is 15.7 Å². The number of phenols is 1. The van der Waals surface area contributed by atoms with Gasteiger partial charge in [-0.2, -0.15) is 5.10 Å². The predicted octanol–water partition coefficient (Wildman–Crippen LogP) is 3.37. The smallest absolute Gasteiger partial charge is 0.191 e. The summed E-state index contributed by atoms with van der Waals surface area (Å²) < 4.78 is 0. The van der Waals surface area contributed by atoms with E-state index in [9.17, 15) is 5.11 Å². The summed E-state index contributed by atoms with van der Waals surface area (Å²) in [4.78, 5) is 0. The Kier molecular flexibility index (Phi) is 4.92. The number of phenolic OH excluding ortho intramolecular Hbond substituents is 1. The number of aromatic hydroxyl groups is 1. The van der Waals surface area contributed by atoms with Crippen molar-refractivity contribution >= 4 is 40.8 Å². The lowest BCUT2D eigenvalue weighted by Crippen LogP contribution is -2.23. The number of hydrazone groups is 1. The third-order valence-electron chi connectivity index (χ3n) is 2.39. The van der Waals surface area contributed by atoms with E-state index in [2.05, 4.69) is 15.8 Å². The van der Waals surface area contributed by atoms with Crippen LogP contribution in [-0.4, -0.2) is 16.4 Å². The summed E-state index contributed by atoms with van der Waals surface area (Å²) in [6, 6.07) is 14.2. The fourth-order valence-corrected chi connectivity index (χ4v) is 1.82. The molecule has 2 aromatic rings. The molecule has 0 aliphatic rings. The van der Waals surface area contributed by atoms with Gasteiger partial charge in [-0.25, -0.2) is 0 Å². The van der Waals surface area contributed by atoms with Gasteiger partial charge in [0.25, 0.3) is 0 Å². The first kappa shape index (κ1) is 14.3. The van der Waals surface area contributed by atoms with Gasteiger partial charge in [0.15, 0.2) is 5.11 Å². The van der Waals surface area contributed by atoms with Gasteiger partial charge in [-0.3, -0.25) is 5.43 Å². The molecule has 0 amide bonds. The Morgan fingerprint density at radius 2 is 1.95 bits per heavy atom. The van der Waals surface area contributed by atoms with Crippen molar-refractivity contribution in [2.75, 3.05) is 5.32 Å². The number of nitrogens with zero attached hydrogens (tertiary/aromatic N) is 1. The van der Waals surface area contributed by atoms with E-state index in [1.807, 2.05) is 30.3 Å². The Balaban J connectivity index is 1.93. The van der Waals surface area contributed by atoms with E-state index in [0.717, 1.165) is 5.69 Å². The number of rotatable bonds is 3. The molecular weight excluding hydrogens is 294 g/mol. The standard InChI is InChI=1S/C14H12ClN3OS/c15-11-6-7-13(19)10(8-11)9-16-18-14(20)17-12-4-2-1-3-5-12/h1-9,19H,(H2,17,18,20)/b16-9+. The molecule has 0 bridgehead atoms. The van der Waals surface area contributed by atoms with Crippen molar-refractivity contribution in [2.24, 2.45) is 5.10 Å². The number of nitrogens with one attached hydrogen (secondary N) is 2. The van der Waals surface area contributed by atoms with Crippen LogP contribution in [0.3, 0.4) is 0 Å². The molecular formula is C14H12ClN3OS. The van der Waals surface area contributed by atoms with Crippen LogP contribution in [0.4, 0.5) is 5.69 Å². The van der Waals surface area contributed by atoms with Crippen LogP contribution in [0.15, 0.2) is 53.6 Å². The van der Waals surface area contributed by atoms with Crippen LogP contribution in [0.25, 0.3) is 0 Å². The van der Waals surface area contributed by atoms with Crippen molar-refractivity contribution in [1.82, 2.24) is 5.43 Å². The van der Waals surface area contributed by atoms with Crippen molar-refractivity contribution in [3.05, 3.63) is 59.1 Å². The summed E-state index contributed by atoms with van der Waals surface area (Å²) in [6.45, 7) is 0. The molecule has 0 aliphatic heterocycles. The highest BCUT2D eigenvalue weighted by molar-refractivity contribution is 7.80. The topological polar surface area (TPSA) is 56.7 Å². The molecule has 102 valence electrons. The molecule has 0 spiro atoms. The summed E-state index contributed by atoms with van der Waals surface area (Å²) in [5.41, 5.74) is 4.04. The summed E-state index contributed by atoms with van der Waals surface area (Å²) in [5, 5.41) is 17.4. The lowest BCUT2D eigenvalue weighted by atomic mass is 10.2. The van der Waals surface area contributed by atoms with Crippen LogP contribution in [0, 0.1) is 0 Å². The molecule has 0 heterocycles. The summed E-state index contributed by atoms with van der Waals surface area (Å²) in [7, 11) is 0. The first-order valence-corrected chi connectivity index (χ1v) is 6.57. The lowest BCUT2D eigenvalue weighted by molar-refractivity contribution is 0.474. The van der Waals surface area contributed by atoms with Gasteiger partial charge in [-0.05, 0) is 42.5 Å². The molecule has 0 saturated carbocycles. The van der Waals surface area contributed by atoms with Gasteiger partial charge in [0.05, 0.1) is 6.21 Å². The van der Waals surface area contributed by atoms with E-state index in [1.54, 1.807) is 12.1 Å². The van der Waals surface area contributed by atoms with Crippen molar-refractivity contribution in [2.45, 2.75) is 0 Å². The second-order valence-corrected chi connectivity index (χ2v) is 4.74. The van der Waals surface area contributed by atoms with Gasteiger partial charge < -0.3 is 10.4 Å². The van der Waals surface area contributed by atoms with Crippen molar-refractivity contribution in [3.63, 3.8) is 0 Å². The molecule has 0 aromatic heterocycles. The minimum absolute atomic E-state index is 0.0990. The molecule has 0 saturated heterocycles. The number of para-hydroxylation sites is 1. The second-order valence-electron chi connectivity index (χ2n) is 3.89. The lowest BCUT2D eigenvalue weighted by Gasteiger charge is -2.06. The number of hydrogen-bond donors (Lipinski definition) is 3. The first-order valence-electron chi connectivity index (χ1n) is 5.79. The zero-order chi connectivity index (χ0) is 14.4. The van der Waals surface area contributed by atoms with E-state index in [1.165, 1.54) is 12.3 Å². The summed E-state index contributed by atoms with van der Waals surface area (Å²) in [5.74, 6) is 0.0990. The van der Waals surface area contributed by atoms with Gasteiger partial charge in [-0.1, -0.05) is 29.8 Å². The third kappa shape index (κ3) is 4.22. The van der Waals surface area contributed by atoms with Crippen LogP contribution in [0.5, 0.6) is 5.75 Å². The molecule has 20 heavy (non-hydrogen) atoms.